The van der Waals surface area contributed by atoms with Gasteiger partial charge in [0, 0.05) is 0 Å². The molecule has 0 spiro atoms. The molecule has 0 aromatic heterocycles. The van der Waals surface area contributed by atoms with Crippen LogP contribution in [-0.4, -0.2) is 0 Å². The van der Waals surface area contributed by atoms with Gasteiger partial charge in [0.15, 0.2) is 0 Å². The molecule has 0 aliphatic rings. The molecule has 1 radical (unpaired) electrons. The molecule has 0 N–H and O–H groups in total. The van der Waals surface area contributed by atoms with Crippen molar-refractivity contribution in [2.75, 3.05) is 0 Å². The first-order valence-electron chi connectivity index (χ1n) is 4.09. The second-order valence-corrected chi connectivity index (χ2v) is 2.95. The van der Waals surface area contributed by atoms with Gasteiger partial charge in [-0.15, -0.1) is 0 Å². The fraction of sp³-hybridized carbons (Fsp3) is 0.300. The highest BCUT2D eigenvalue weighted by Gasteiger charge is 2.31. The summed E-state index contributed by atoms with van der Waals surface area (Å²) in [6.07, 6.45) is -3.69. The van der Waals surface area contributed by atoms with Crippen LogP contribution < -0.4 is 0 Å². The van der Waals surface area contributed by atoms with E-state index in [0.29, 0.717) is 24.5 Å². The Morgan fingerprint density at radius 1 is 1.14 bits per heavy atom. The van der Waals surface area contributed by atoms with Crippen LogP contribution in [0.15, 0.2) is 18.2 Å². The smallest absolute Gasteiger partial charge is 0.207 e. The van der Waals surface area contributed by atoms with Crippen molar-refractivity contribution in [1.82, 2.24) is 0 Å². The van der Waals surface area contributed by atoms with Gasteiger partial charge in [0.05, 0.1) is 5.56 Å². The Balaban J connectivity index is 3.07. The van der Waals surface area contributed by atoms with Gasteiger partial charge in [-0.05, 0) is 36.6 Å². The lowest BCUT2D eigenvalue weighted by Crippen LogP contribution is -2.06. The molecule has 0 nitrogen and oxygen atoms in total. The molecule has 0 fully saturated rings. The highest BCUT2D eigenvalue weighted by atomic mass is 19.4. The Bertz CT molecular complexity index is 314. The molecule has 0 unspecified atom stereocenters. The molecule has 0 heterocycles. The van der Waals surface area contributed by atoms with Crippen LogP contribution in [0.4, 0.5) is 17.6 Å². The summed E-state index contributed by atoms with van der Waals surface area (Å²) in [6.45, 7) is 3.50. The molecule has 1 aromatic rings. The third-order valence-electron chi connectivity index (χ3n) is 1.75. The van der Waals surface area contributed by atoms with Crippen molar-refractivity contribution >= 4 is 0 Å². The average Bonchev–Trinajstić information content (AvgIpc) is 2.02. The highest BCUT2D eigenvalue weighted by Crippen LogP contribution is 2.30. The summed E-state index contributed by atoms with van der Waals surface area (Å²) in [4.78, 5) is 0. The van der Waals surface area contributed by atoms with E-state index in [0.717, 1.165) is 12.1 Å². The monoisotopic (exact) mass is 205 g/mol. The van der Waals surface area contributed by atoms with Crippen molar-refractivity contribution in [2.45, 2.75) is 19.0 Å². The fourth-order valence-electron chi connectivity index (χ4n) is 1.16. The molecule has 0 aliphatic heterocycles. The van der Waals surface area contributed by atoms with E-state index in [2.05, 4.69) is 6.92 Å². The lowest BCUT2D eigenvalue weighted by atomic mass is 10.1. The maximum absolute atomic E-state index is 12.8. The first-order chi connectivity index (χ1) is 6.43. The van der Waals surface area contributed by atoms with Crippen molar-refractivity contribution in [3.63, 3.8) is 0 Å². The quantitative estimate of drug-likeness (QED) is 0.647. The van der Waals surface area contributed by atoms with Crippen LogP contribution in [0.2, 0.25) is 0 Å². The largest absolute Gasteiger partial charge is 0.416 e. The van der Waals surface area contributed by atoms with Gasteiger partial charge < -0.3 is 0 Å². The summed E-state index contributed by atoms with van der Waals surface area (Å²) in [5.74, 6) is -0.858. The minimum atomic E-state index is -4.49. The van der Waals surface area contributed by atoms with Gasteiger partial charge in [0.2, 0.25) is 0 Å². The molecule has 0 atom stereocenters. The molecule has 4 heteroatoms. The van der Waals surface area contributed by atoms with E-state index in [1.165, 1.54) is 0 Å². The summed E-state index contributed by atoms with van der Waals surface area (Å²) < 4.78 is 49.4. The van der Waals surface area contributed by atoms with Gasteiger partial charge in [0.25, 0.3) is 0 Å². The van der Waals surface area contributed by atoms with E-state index < -0.39 is 17.6 Å². The van der Waals surface area contributed by atoms with E-state index in [1.807, 2.05) is 0 Å². The second-order valence-electron chi connectivity index (χ2n) is 2.95. The van der Waals surface area contributed by atoms with Gasteiger partial charge in [-0.3, -0.25) is 0 Å². The number of aryl methyl sites for hydroxylation is 1. The first kappa shape index (κ1) is 11.0. The lowest BCUT2D eigenvalue weighted by Gasteiger charge is -2.08. The standard InChI is InChI=1S/C10H9F4/c1-2-3-7-4-8(10(12,13)14)6-9(11)5-7/h4-6H,1-3H2. The van der Waals surface area contributed by atoms with Gasteiger partial charge in [-0.1, -0.05) is 6.92 Å². The van der Waals surface area contributed by atoms with Crippen molar-refractivity contribution in [3.8, 4) is 0 Å². The summed E-state index contributed by atoms with van der Waals surface area (Å²) >= 11 is 0. The van der Waals surface area contributed by atoms with E-state index in [4.69, 9.17) is 0 Å². The van der Waals surface area contributed by atoms with E-state index >= 15 is 0 Å². The molecule has 0 aliphatic carbocycles. The van der Waals surface area contributed by atoms with Crippen LogP contribution in [-0.2, 0) is 12.6 Å². The first-order valence-corrected chi connectivity index (χ1v) is 4.09. The molecule has 1 rings (SSSR count). The summed E-state index contributed by atoms with van der Waals surface area (Å²) in [7, 11) is 0. The molecule has 14 heavy (non-hydrogen) atoms. The maximum atomic E-state index is 12.8. The summed E-state index contributed by atoms with van der Waals surface area (Å²) in [5.41, 5.74) is -0.617. The van der Waals surface area contributed by atoms with Crippen molar-refractivity contribution < 1.29 is 17.6 Å². The maximum Gasteiger partial charge on any atom is 0.416 e. The SMILES string of the molecule is [CH2]CCc1cc(F)cc(C(F)(F)F)c1. The predicted molar refractivity (Wildman–Crippen MR) is 45.1 cm³/mol. The van der Waals surface area contributed by atoms with Gasteiger partial charge in [0.1, 0.15) is 5.82 Å². The molecule has 0 amide bonds. The molecule has 77 valence electrons. The van der Waals surface area contributed by atoms with E-state index in [-0.39, 0.29) is 0 Å². The Hall–Kier alpha value is -1.06. The molecule has 0 saturated carbocycles. The average molecular weight is 205 g/mol. The van der Waals surface area contributed by atoms with E-state index in [1.54, 1.807) is 0 Å². The number of alkyl halides is 3. The molecular formula is C10H9F4. The van der Waals surface area contributed by atoms with Crippen LogP contribution >= 0.6 is 0 Å². The highest BCUT2D eigenvalue weighted by molar-refractivity contribution is 5.26. The number of hydrogen-bond donors (Lipinski definition) is 0. The summed E-state index contributed by atoms with van der Waals surface area (Å²) in [5, 5.41) is 0. The summed E-state index contributed by atoms with van der Waals surface area (Å²) in [6, 6.07) is 2.54. The minimum Gasteiger partial charge on any atom is -0.207 e. The third-order valence-corrected chi connectivity index (χ3v) is 1.75. The number of halogens is 4. The Morgan fingerprint density at radius 3 is 2.29 bits per heavy atom. The molecule has 1 aromatic carbocycles. The Labute approximate surface area is 79.6 Å². The van der Waals surface area contributed by atoms with Crippen LogP contribution in [0.5, 0.6) is 0 Å². The number of hydrogen-bond acceptors (Lipinski definition) is 0. The normalized spacial score (nSPS) is 11.8. The molecular weight excluding hydrogens is 196 g/mol. The van der Waals surface area contributed by atoms with E-state index in [9.17, 15) is 17.6 Å². The van der Waals surface area contributed by atoms with Crippen molar-refractivity contribution in [2.24, 2.45) is 0 Å². The number of benzene rings is 1. The zero-order valence-electron chi connectivity index (χ0n) is 7.37. The fourth-order valence-corrected chi connectivity index (χ4v) is 1.16. The van der Waals surface area contributed by atoms with Crippen LogP contribution in [0.25, 0.3) is 0 Å². The van der Waals surface area contributed by atoms with Gasteiger partial charge in [-0.25, -0.2) is 4.39 Å². The second kappa shape index (κ2) is 3.98. The zero-order valence-corrected chi connectivity index (χ0v) is 7.37. The molecule has 0 bridgehead atoms. The number of rotatable bonds is 2. The lowest BCUT2D eigenvalue weighted by molar-refractivity contribution is -0.137. The third kappa shape index (κ3) is 2.72. The predicted octanol–water partition coefficient (Wildman–Crippen LogP) is 3.61. The topological polar surface area (TPSA) is 0 Å². The van der Waals surface area contributed by atoms with Crippen molar-refractivity contribution in [1.29, 1.82) is 0 Å². The van der Waals surface area contributed by atoms with Crippen LogP contribution in [0.3, 0.4) is 0 Å². The van der Waals surface area contributed by atoms with Crippen LogP contribution in [0, 0.1) is 12.7 Å². The van der Waals surface area contributed by atoms with Crippen molar-refractivity contribution in [3.05, 3.63) is 42.1 Å². The Kier molecular flexibility index (Phi) is 3.13. The zero-order chi connectivity index (χ0) is 10.8. The van der Waals surface area contributed by atoms with Gasteiger partial charge in [-0.2, -0.15) is 13.2 Å². The minimum absolute atomic E-state index is 0.326. The van der Waals surface area contributed by atoms with Gasteiger partial charge >= 0.3 is 6.18 Å². The Morgan fingerprint density at radius 2 is 1.79 bits per heavy atom. The van der Waals surface area contributed by atoms with Crippen LogP contribution in [0.1, 0.15) is 17.5 Å². The molecule has 0 saturated heterocycles.